The van der Waals surface area contributed by atoms with Crippen LogP contribution in [0.4, 0.5) is 0 Å². The first kappa shape index (κ1) is 6.22. The Bertz CT molecular complexity index is 160. The third-order valence-electron chi connectivity index (χ3n) is 3.21. The SMILES string of the molecule is N#C[C@@H]1CC2CCC1CC2. The largest absolute Gasteiger partial charge is 0.198 e. The van der Waals surface area contributed by atoms with Crippen molar-refractivity contribution in [3.8, 4) is 6.07 Å². The number of nitriles is 1. The van der Waals surface area contributed by atoms with E-state index in [1.54, 1.807) is 0 Å². The zero-order valence-electron chi connectivity index (χ0n) is 6.21. The molecule has 0 aromatic rings. The molecule has 0 aromatic heterocycles. The average Bonchev–Trinajstić information content (AvgIpc) is 2.06. The predicted molar refractivity (Wildman–Crippen MR) is 39.2 cm³/mol. The maximum absolute atomic E-state index is 8.76. The van der Waals surface area contributed by atoms with Crippen LogP contribution in [0.3, 0.4) is 0 Å². The molecule has 1 atom stereocenters. The van der Waals surface area contributed by atoms with E-state index in [0.717, 1.165) is 11.8 Å². The monoisotopic (exact) mass is 135 g/mol. The van der Waals surface area contributed by atoms with Crippen molar-refractivity contribution in [2.75, 3.05) is 0 Å². The lowest BCUT2D eigenvalue weighted by molar-refractivity contribution is 0.132. The normalized spacial score (nSPS) is 44.9. The van der Waals surface area contributed by atoms with E-state index in [1.807, 2.05) is 0 Å². The summed E-state index contributed by atoms with van der Waals surface area (Å²) < 4.78 is 0. The van der Waals surface area contributed by atoms with Crippen molar-refractivity contribution in [1.82, 2.24) is 0 Å². The summed E-state index contributed by atoms with van der Waals surface area (Å²) in [5, 5.41) is 8.76. The van der Waals surface area contributed by atoms with Crippen LogP contribution in [0, 0.1) is 29.1 Å². The lowest BCUT2D eigenvalue weighted by Crippen LogP contribution is -2.30. The molecule has 1 nitrogen and oxygen atoms in total. The second-order valence-electron chi connectivity index (χ2n) is 3.75. The molecule has 3 aliphatic carbocycles. The summed E-state index contributed by atoms with van der Waals surface area (Å²) >= 11 is 0. The molecule has 0 amide bonds. The molecule has 3 rings (SSSR count). The highest BCUT2D eigenvalue weighted by Crippen LogP contribution is 2.44. The Morgan fingerprint density at radius 2 is 1.80 bits per heavy atom. The predicted octanol–water partition coefficient (Wildman–Crippen LogP) is 2.34. The van der Waals surface area contributed by atoms with Crippen LogP contribution in [0.25, 0.3) is 0 Å². The third kappa shape index (κ3) is 0.831. The van der Waals surface area contributed by atoms with Gasteiger partial charge in [0.05, 0.1) is 6.07 Å². The van der Waals surface area contributed by atoms with Crippen molar-refractivity contribution in [2.45, 2.75) is 32.1 Å². The Balaban J connectivity index is 2.09. The van der Waals surface area contributed by atoms with Crippen LogP contribution in [-0.4, -0.2) is 0 Å². The molecule has 3 fully saturated rings. The van der Waals surface area contributed by atoms with Gasteiger partial charge < -0.3 is 0 Å². The van der Waals surface area contributed by atoms with Gasteiger partial charge in [0.2, 0.25) is 0 Å². The molecule has 0 heterocycles. The Kier molecular flexibility index (Phi) is 1.41. The first-order chi connectivity index (χ1) is 4.90. The van der Waals surface area contributed by atoms with Gasteiger partial charge in [0, 0.05) is 5.92 Å². The summed E-state index contributed by atoms with van der Waals surface area (Å²) in [4.78, 5) is 0. The molecule has 0 saturated heterocycles. The molecule has 54 valence electrons. The Morgan fingerprint density at radius 1 is 1.10 bits per heavy atom. The fourth-order valence-corrected chi connectivity index (χ4v) is 2.54. The molecule has 0 aromatic carbocycles. The highest BCUT2D eigenvalue weighted by molar-refractivity contribution is 4.96. The Labute approximate surface area is 62.0 Å². The van der Waals surface area contributed by atoms with Gasteiger partial charge in [-0.15, -0.1) is 0 Å². The van der Waals surface area contributed by atoms with Gasteiger partial charge in [0.15, 0.2) is 0 Å². The summed E-state index contributed by atoms with van der Waals surface area (Å²) in [7, 11) is 0. The van der Waals surface area contributed by atoms with E-state index in [1.165, 1.54) is 32.1 Å². The number of fused-ring (bicyclic) bond motifs is 3. The summed E-state index contributed by atoms with van der Waals surface area (Å²) in [6, 6.07) is 2.44. The van der Waals surface area contributed by atoms with E-state index in [4.69, 9.17) is 5.26 Å². The van der Waals surface area contributed by atoms with E-state index in [-0.39, 0.29) is 0 Å². The van der Waals surface area contributed by atoms with Crippen LogP contribution in [0.2, 0.25) is 0 Å². The topological polar surface area (TPSA) is 23.8 Å². The van der Waals surface area contributed by atoms with E-state index in [2.05, 4.69) is 6.07 Å². The van der Waals surface area contributed by atoms with Gasteiger partial charge in [0.1, 0.15) is 0 Å². The van der Waals surface area contributed by atoms with Gasteiger partial charge in [-0.05, 0) is 31.1 Å². The van der Waals surface area contributed by atoms with Crippen molar-refractivity contribution < 1.29 is 0 Å². The maximum Gasteiger partial charge on any atom is 0.0658 e. The molecular weight excluding hydrogens is 122 g/mol. The highest BCUT2D eigenvalue weighted by atomic mass is 14.4. The van der Waals surface area contributed by atoms with Crippen molar-refractivity contribution >= 4 is 0 Å². The van der Waals surface area contributed by atoms with Gasteiger partial charge in [0.25, 0.3) is 0 Å². The smallest absolute Gasteiger partial charge is 0.0658 e. The van der Waals surface area contributed by atoms with E-state index in [9.17, 15) is 0 Å². The first-order valence-electron chi connectivity index (χ1n) is 4.30. The van der Waals surface area contributed by atoms with Crippen molar-refractivity contribution in [3.05, 3.63) is 0 Å². The van der Waals surface area contributed by atoms with Crippen LogP contribution in [0.1, 0.15) is 32.1 Å². The molecule has 3 aliphatic rings. The quantitative estimate of drug-likeness (QED) is 0.500. The Hall–Kier alpha value is -0.510. The minimum absolute atomic E-state index is 0.424. The van der Waals surface area contributed by atoms with Crippen LogP contribution < -0.4 is 0 Å². The molecule has 10 heavy (non-hydrogen) atoms. The number of nitrogens with zero attached hydrogens (tertiary/aromatic N) is 1. The van der Waals surface area contributed by atoms with E-state index in [0.29, 0.717) is 5.92 Å². The van der Waals surface area contributed by atoms with Gasteiger partial charge >= 0.3 is 0 Å². The lowest BCUT2D eigenvalue weighted by atomic mass is 9.65. The first-order valence-corrected chi connectivity index (χ1v) is 4.30. The van der Waals surface area contributed by atoms with Crippen LogP contribution in [-0.2, 0) is 0 Å². The fourth-order valence-electron chi connectivity index (χ4n) is 2.54. The molecule has 1 heteroatoms. The van der Waals surface area contributed by atoms with Gasteiger partial charge in [-0.2, -0.15) is 5.26 Å². The molecule has 0 spiro atoms. The second-order valence-corrected chi connectivity index (χ2v) is 3.75. The maximum atomic E-state index is 8.76. The lowest BCUT2D eigenvalue weighted by Gasteiger charge is -2.39. The number of rotatable bonds is 0. The number of hydrogen-bond donors (Lipinski definition) is 0. The molecule has 0 radical (unpaired) electrons. The van der Waals surface area contributed by atoms with Crippen molar-refractivity contribution in [1.29, 1.82) is 5.26 Å². The second kappa shape index (κ2) is 2.27. The number of hydrogen-bond acceptors (Lipinski definition) is 1. The zero-order chi connectivity index (χ0) is 6.97. The van der Waals surface area contributed by atoms with Gasteiger partial charge in [-0.25, -0.2) is 0 Å². The zero-order valence-corrected chi connectivity index (χ0v) is 6.21. The van der Waals surface area contributed by atoms with E-state index < -0.39 is 0 Å². The van der Waals surface area contributed by atoms with Crippen LogP contribution >= 0.6 is 0 Å². The summed E-state index contributed by atoms with van der Waals surface area (Å²) in [5.74, 6) is 2.11. The summed E-state index contributed by atoms with van der Waals surface area (Å²) in [6.07, 6.45) is 6.69. The van der Waals surface area contributed by atoms with Crippen LogP contribution in [0.15, 0.2) is 0 Å². The van der Waals surface area contributed by atoms with Gasteiger partial charge in [-0.3, -0.25) is 0 Å². The van der Waals surface area contributed by atoms with Crippen molar-refractivity contribution in [3.63, 3.8) is 0 Å². The third-order valence-corrected chi connectivity index (χ3v) is 3.21. The van der Waals surface area contributed by atoms with Crippen LogP contribution in [0.5, 0.6) is 0 Å². The standard InChI is InChI=1S/C9H13N/c10-6-9-5-7-1-3-8(9)4-2-7/h7-9H,1-5H2/t7?,8?,9-/m0/s1. The molecule has 0 N–H and O–H groups in total. The Morgan fingerprint density at radius 3 is 2.10 bits per heavy atom. The molecule has 0 aliphatic heterocycles. The van der Waals surface area contributed by atoms with Gasteiger partial charge in [-0.1, -0.05) is 12.8 Å². The molecular formula is C9H13N. The van der Waals surface area contributed by atoms with Crippen molar-refractivity contribution in [2.24, 2.45) is 17.8 Å². The molecule has 2 bridgehead atoms. The van der Waals surface area contributed by atoms with E-state index >= 15 is 0 Å². The minimum Gasteiger partial charge on any atom is -0.198 e. The molecule has 0 unspecified atom stereocenters. The fraction of sp³-hybridized carbons (Fsp3) is 0.889. The average molecular weight is 135 g/mol. The molecule has 3 saturated carbocycles. The highest BCUT2D eigenvalue weighted by Gasteiger charge is 2.35. The minimum atomic E-state index is 0.424. The summed E-state index contributed by atoms with van der Waals surface area (Å²) in [6.45, 7) is 0. The summed E-state index contributed by atoms with van der Waals surface area (Å²) in [5.41, 5.74) is 0.